The maximum absolute atomic E-state index is 5.53. The third-order valence-corrected chi connectivity index (χ3v) is 2.29. The maximum atomic E-state index is 5.53. The lowest BCUT2D eigenvalue weighted by Crippen LogP contribution is -2.42. The average molecular weight is 204 g/mol. The lowest BCUT2D eigenvalue weighted by molar-refractivity contribution is 0.283. The molecule has 0 saturated heterocycles. The van der Waals surface area contributed by atoms with Gasteiger partial charge in [-0.25, -0.2) is 5.84 Å². The minimum atomic E-state index is 0.263. The zero-order chi connectivity index (χ0) is 10.3. The normalized spacial score (nSPS) is 10.5. The summed E-state index contributed by atoms with van der Waals surface area (Å²) in [5, 5.41) is 1.68. The molecule has 0 atom stereocenters. The van der Waals surface area contributed by atoms with Crippen LogP contribution in [0.2, 0.25) is 0 Å². The van der Waals surface area contributed by atoms with E-state index < -0.39 is 0 Å². The molecule has 4 nitrogen and oxygen atoms in total. The molecule has 13 heavy (non-hydrogen) atoms. The van der Waals surface area contributed by atoms with Gasteiger partial charge in [0.05, 0.1) is 0 Å². The molecule has 4 N–H and O–H groups in total. The van der Waals surface area contributed by atoms with E-state index >= 15 is 0 Å². The van der Waals surface area contributed by atoms with Gasteiger partial charge < -0.3 is 10.6 Å². The predicted molar refractivity (Wildman–Crippen MR) is 60.1 cm³/mol. The average Bonchev–Trinajstić information content (AvgIpc) is 2.12. The van der Waals surface area contributed by atoms with E-state index in [0.29, 0.717) is 0 Å². The number of hydrogen-bond acceptors (Lipinski definition) is 3. The second-order valence-electron chi connectivity index (χ2n) is 2.91. The molecule has 0 saturated carbocycles. The molecule has 0 radical (unpaired) electrons. The first kappa shape index (κ1) is 12.6. The Bertz CT molecular complexity index is 147. The summed E-state index contributed by atoms with van der Waals surface area (Å²) in [5.74, 6) is 5.53. The summed E-state index contributed by atoms with van der Waals surface area (Å²) in [6, 6.07) is 0. The van der Waals surface area contributed by atoms with Crippen LogP contribution in [0.15, 0.2) is 0 Å². The first-order chi connectivity index (χ1) is 6.11. The molecular formula is C8H20N4S. The van der Waals surface area contributed by atoms with Gasteiger partial charge in [0.1, 0.15) is 0 Å². The Labute approximate surface area is 85.8 Å². The van der Waals surface area contributed by atoms with Gasteiger partial charge in [-0.3, -0.25) is 5.01 Å². The molecule has 0 aliphatic heterocycles. The number of thiocarbonyl (C=S) groups is 1. The molecule has 0 aliphatic rings. The minimum Gasteiger partial charge on any atom is -0.375 e. The monoisotopic (exact) mass is 204 g/mol. The van der Waals surface area contributed by atoms with Crippen molar-refractivity contribution in [3.63, 3.8) is 0 Å². The smallest absolute Gasteiger partial charge is 0.180 e. The fourth-order valence-corrected chi connectivity index (χ4v) is 1.21. The Hall–Kier alpha value is -0.390. The molecule has 0 aromatic carbocycles. The molecule has 5 heteroatoms. The van der Waals surface area contributed by atoms with Gasteiger partial charge in [0.15, 0.2) is 5.11 Å². The quantitative estimate of drug-likeness (QED) is 0.366. The first-order valence-electron chi connectivity index (χ1n) is 4.65. The molecule has 0 unspecified atom stereocenters. The molecule has 0 amide bonds. The Balaban J connectivity index is 3.48. The van der Waals surface area contributed by atoms with Crippen molar-refractivity contribution in [1.82, 2.24) is 9.91 Å². The topological polar surface area (TPSA) is 58.5 Å². The van der Waals surface area contributed by atoms with Crippen LogP contribution in [0.3, 0.4) is 0 Å². The van der Waals surface area contributed by atoms with Crippen molar-refractivity contribution in [2.45, 2.75) is 20.3 Å². The zero-order valence-electron chi connectivity index (χ0n) is 8.49. The van der Waals surface area contributed by atoms with Crippen molar-refractivity contribution >= 4 is 17.3 Å². The second-order valence-corrected chi connectivity index (χ2v) is 3.33. The van der Waals surface area contributed by atoms with Crippen LogP contribution in [0.4, 0.5) is 0 Å². The highest BCUT2D eigenvalue weighted by Gasteiger charge is 2.02. The largest absolute Gasteiger partial charge is 0.375 e. The van der Waals surface area contributed by atoms with Gasteiger partial charge in [-0.1, -0.05) is 13.8 Å². The molecule has 0 bridgehead atoms. The van der Waals surface area contributed by atoms with Crippen molar-refractivity contribution in [1.29, 1.82) is 0 Å². The van der Waals surface area contributed by atoms with E-state index in [2.05, 4.69) is 18.7 Å². The van der Waals surface area contributed by atoms with Gasteiger partial charge in [-0.05, 0) is 38.3 Å². The molecule has 78 valence electrons. The van der Waals surface area contributed by atoms with Crippen LogP contribution in [-0.4, -0.2) is 41.2 Å². The Morgan fingerprint density at radius 3 is 2.15 bits per heavy atom. The molecule has 0 aromatic rings. The first-order valence-corrected chi connectivity index (χ1v) is 5.06. The third-order valence-electron chi connectivity index (χ3n) is 2.05. The lowest BCUT2D eigenvalue weighted by Gasteiger charge is -2.20. The summed E-state index contributed by atoms with van der Waals surface area (Å²) in [6.07, 6.45) is 0.996. The number of nitrogens with two attached hydrogens (primary N) is 2. The van der Waals surface area contributed by atoms with E-state index in [1.54, 1.807) is 0 Å². The van der Waals surface area contributed by atoms with Gasteiger partial charge >= 0.3 is 0 Å². The van der Waals surface area contributed by atoms with E-state index in [-0.39, 0.29) is 5.11 Å². The highest BCUT2D eigenvalue weighted by molar-refractivity contribution is 7.80. The predicted octanol–water partition coefficient (Wildman–Crippen LogP) is 0.138. The van der Waals surface area contributed by atoms with E-state index in [4.69, 9.17) is 23.8 Å². The molecule has 0 rings (SSSR count). The van der Waals surface area contributed by atoms with Crippen molar-refractivity contribution in [3.05, 3.63) is 0 Å². The number of rotatable bonds is 6. The van der Waals surface area contributed by atoms with Crippen LogP contribution in [-0.2, 0) is 0 Å². The summed E-state index contributed by atoms with van der Waals surface area (Å²) >= 11 is 4.72. The summed E-state index contributed by atoms with van der Waals surface area (Å²) in [6.45, 7) is 8.23. The summed E-state index contributed by atoms with van der Waals surface area (Å²) in [4.78, 5) is 2.34. The van der Waals surface area contributed by atoms with E-state index in [1.807, 2.05) is 0 Å². The van der Waals surface area contributed by atoms with E-state index in [1.165, 1.54) is 5.01 Å². The molecule has 0 heterocycles. The maximum Gasteiger partial charge on any atom is 0.180 e. The fraction of sp³-hybridized carbons (Fsp3) is 0.875. The highest BCUT2D eigenvalue weighted by atomic mass is 32.1. The minimum absolute atomic E-state index is 0.263. The number of nitrogens with zero attached hydrogens (tertiary/aromatic N) is 2. The lowest BCUT2D eigenvalue weighted by atomic mass is 10.3. The van der Waals surface area contributed by atoms with Gasteiger partial charge in [-0.2, -0.15) is 0 Å². The van der Waals surface area contributed by atoms with Crippen LogP contribution in [0.5, 0.6) is 0 Å². The van der Waals surface area contributed by atoms with Crippen LogP contribution < -0.4 is 11.6 Å². The summed E-state index contributed by atoms with van der Waals surface area (Å²) in [5.41, 5.74) is 5.34. The number of hydrogen-bond donors (Lipinski definition) is 2. The summed E-state index contributed by atoms with van der Waals surface area (Å²) < 4.78 is 0. The molecule has 0 spiro atoms. The third kappa shape index (κ3) is 5.79. The van der Waals surface area contributed by atoms with Gasteiger partial charge in [0, 0.05) is 6.54 Å². The van der Waals surface area contributed by atoms with Gasteiger partial charge in [0.2, 0.25) is 0 Å². The Morgan fingerprint density at radius 1 is 1.23 bits per heavy atom. The van der Waals surface area contributed by atoms with Crippen molar-refractivity contribution in [3.8, 4) is 0 Å². The van der Waals surface area contributed by atoms with E-state index in [0.717, 1.165) is 32.6 Å². The van der Waals surface area contributed by atoms with Crippen molar-refractivity contribution < 1.29 is 0 Å². The molecular weight excluding hydrogens is 184 g/mol. The molecule has 0 aliphatic carbocycles. The van der Waals surface area contributed by atoms with Crippen LogP contribution in [0, 0.1) is 0 Å². The van der Waals surface area contributed by atoms with Gasteiger partial charge in [0.25, 0.3) is 0 Å². The standard InChI is InChI=1S/C8H20N4S/c1-3-11(4-2)6-5-7-12(10)8(9)13/h3-7,10H2,1-2H3,(H2,9,13). The number of hydrazine groups is 1. The SMILES string of the molecule is CCN(CC)CCCN(N)C(N)=S. The molecule has 0 aromatic heterocycles. The molecule has 0 fully saturated rings. The van der Waals surface area contributed by atoms with E-state index in [9.17, 15) is 0 Å². The summed E-state index contributed by atoms with van der Waals surface area (Å²) in [7, 11) is 0. The highest BCUT2D eigenvalue weighted by Crippen LogP contribution is 1.91. The van der Waals surface area contributed by atoms with Crippen LogP contribution in [0.25, 0.3) is 0 Å². The van der Waals surface area contributed by atoms with Crippen molar-refractivity contribution in [2.24, 2.45) is 11.6 Å². The second kappa shape index (κ2) is 7.06. The van der Waals surface area contributed by atoms with Crippen LogP contribution in [0.1, 0.15) is 20.3 Å². The Morgan fingerprint density at radius 2 is 1.77 bits per heavy atom. The van der Waals surface area contributed by atoms with Gasteiger partial charge in [-0.15, -0.1) is 0 Å². The Kier molecular flexibility index (Phi) is 6.84. The van der Waals surface area contributed by atoms with Crippen molar-refractivity contribution in [2.75, 3.05) is 26.2 Å². The fourth-order valence-electron chi connectivity index (χ4n) is 1.11. The zero-order valence-corrected chi connectivity index (χ0v) is 9.31. The van der Waals surface area contributed by atoms with Crippen LogP contribution >= 0.6 is 12.2 Å².